The number of aromatic nitrogens is 1. The van der Waals surface area contributed by atoms with Gasteiger partial charge in [-0.25, -0.2) is 4.98 Å². The van der Waals surface area contributed by atoms with Crippen molar-refractivity contribution in [3.63, 3.8) is 0 Å². The molecule has 1 aromatic heterocycles. The fraction of sp³-hybridized carbons (Fsp3) is 0.522. The average molecular weight is 445 g/mol. The van der Waals surface area contributed by atoms with E-state index in [1.807, 2.05) is 24.8 Å². The minimum Gasteiger partial charge on any atom is -0.496 e. The number of hydrogen-bond acceptors (Lipinski definition) is 6. The number of aryl methyl sites for hydroxylation is 1. The molecule has 2 aromatic rings. The van der Waals surface area contributed by atoms with E-state index in [1.165, 1.54) is 7.11 Å². The molecular weight excluding hydrogens is 412 g/mol. The van der Waals surface area contributed by atoms with E-state index in [9.17, 15) is 9.59 Å². The SMILES string of the molecule is CCc1nc(CN2CCN(C(=O)C(NC(=O)c3ccccc3OC)C(C)C)CC2)cs1. The van der Waals surface area contributed by atoms with Gasteiger partial charge in [-0.3, -0.25) is 14.5 Å². The van der Waals surface area contributed by atoms with E-state index < -0.39 is 6.04 Å². The molecule has 0 aliphatic carbocycles. The Kier molecular flexibility index (Phi) is 8.03. The summed E-state index contributed by atoms with van der Waals surface area (Å²) < 4.78 is 5.29. The Balaban J connectivity index is 1.58. The Labute approximate surface area is 188 Å². The van der Waals surface area contributed by atoms with Crippen molar-refractivity contribution in [2.24, 2.45) is 5.92 Å². The standard InChI is InChI=1S/C23H32N4O3S/c1-5-20-24-17(15-31-20)14-26-10-12-27(13-11-26)23(29)21(16(2)3)25-22(28)18-8-6-7-9-19(18)30-4/h6-9,15-16,21H,5,10-14H2,1-4H3,(H,25,28). The molecule has 1 unspecified atom stereocenters. The number of hydrogen-bond donors (Lipinski definition) is 1. The number of nitrogens with zero attached hydrogens (tertiary/aromatic N) is 3. The molecule has 1 aromatic carbocycles. The van der Waals surface area contributed by atoms with Crippen LogP contribution in [0.15, 0.2) is 29.6 Å². The van der Waals surface area contributed by atoms with Crippen LogP contribution < -0.4 is 10.1 Å². The molecule has 168 valence electrons. The molecule has 0 bridgehead atoms. The molecule has 8 heteroatoms. The zero-order chi connectivity index (χ0) is 22.4. The maximum absolute atomic E-state index is 13.2. The number of thiazole rings is 1. The van der Waals surface area contributed by atoms with Crippen LogP contribution in [-0.4, -0.2) is 65.9 Å². The monoisotopic (exact) mass is 444 g/mol. The highest BCUT2D eigenvalue weighted by molar-refractivity contribution is 7.09. The van der Waals surface area contributed by atoms with E-state index in [1.54, 1.807) is 29.5 Å². The van der Waals surface area contributed by atoms with E-state index >= 15 is 0 Å². The fourth-order valence-corrected chi connectivity index (χ4v) is 4.44. The number of carbonyl (C=O) groups is 2. The third-order valence-electron chi connectivity index (χ3n) is 5.54. The predicted octanol–water partition coefficient (Wildman–Crippen LogP) is 2.81. The van der Waals surface area contributed by atoms with E-state index in [0.717, 1.165) is 36.8 Å². The van der Waals surface area contributed by atoms with Gasteiger partial charge in [0.15, 0.2) is 0 Å². The number of carbonyl (C=O) groups excluding carboxylic acids is 2. The zero-order valence-corrected chi connectivity index (χ0v) is 19.6. The number of benzene rings is 1. The van der Waals surface area contributed by atoms with Crippen molar-refractivity contribution in [3.8, 4) is 5.75 Å². The molecule has 2 amide bonds. The lowest BCUT2D eigenvalue weighted by Crippen LogP contribution is -2.56. The molecule has 1 saturated heterocycles. The quantitative estimate of drug-likeness (QED) is 0.678. The Morgan fingerprint density at radius 2 is 1.90 bits per heavy atom. The van der Waals surface area contributed by atoms with Gasteiger partial charge in [0, 0.05) is 38.1 Å². The molecule has 1 aliphatic rings. The maximum Gasteiger partial charge on any atom is 0.255 e. The number of piperazine rings is 1. The first kappa shape index (κ1) is 23.2. The third-order valence-corrected chi connectivity index (χ3v) is 6.58. The smallest absolute Gasteiger partial charge is 0.255 e. The Morgan fingerprint density at radius 1 is 1.19 bits per heavy atom. The van der Waals surface area contributed by atoms with E-state index in [2.05, 4.69) is 27.5 Å². The number of para-hydroxylation sites is 1. The van der Waals surface area contributed by atoms with Crippen LogP contribution in [0.2, 0.25) is 0 Å². The molecule has 2 heterocycles. The maximum atomic E-state index is 13.2. The summed E-state index contributed by atoms with van der Waals surface area (Å²) >= 11 is 1.71. The molecule has 0 radical (unpaired) electrons. The van der Waals surface area contributed by atoms with E-state index in [0.29, 0.717) is 24.4 Å². The second-order valence-corrected chi connectivity index (χ2v) is 9.03. The number of ether oxygens (including phenoxy) is 1. The average Bonchev–Trinajstić information content (AvgIpc) is 3.24. The van der Waals surface area contributed by atoms with Gasteiger partial charge in [-0.05, 0) is 24.5 Å². The van der Waals surface area contributed by atoms with Gasteiger partial charge < -0.3 is 15.0 Å². The lowest BCUT2D eigenvalue weighted by atomic mass is 10.0. The minimum atomic E-state index is -0.574. The van der Waals surface area contributed by atoms with E-state index in [-0.39, 0.29) is 17.7 Å². The molecule has 1 atom stereocenters. The molecule has 1 aliphatic heterocycles. The Hall–Kier alpha value is -2.45. The summed E-state index contributed by atoms with van der Waals surface area (Å²) in [5.41, 5.74) is 1.54. The second kappa shape index (κ2) is 10.7. The van der Waals surface area contributed by atoms with Crippen molar-refractivity contribution >= 4 is 23.2 Å². The normalized spacial score (nSPS) is 15.7. The summed E-state index contributed by atoms with van der Waals surface area (Å²) in [4.78, 5) is 34.9. The summed E-state index contributed by atoms with van der Waals surface area (Å²) in [6.45, 7) is 9.74. The van der Waals surface area contributed by atoms with Gasteiger partial charge in [0.1, 0.15) is 11.8 Å². The Morgan fingerprint density at radius 3 is 2.52 bits per heavy atom. The topological polar surface area (TPSA) is 74.8 Å². The summed E-state index contributed by atoms with van der Waals surface area (Å²) in [5.74, 6) is 0.154. The number of amides is 2. The van der Waals surface area contributed by atoms with Gasteiger partial charge in [0.05, 0.1) is 23.4 Å². The van der Waals surface area contributed by atoms with Gasteiger partial charge in [-0.15, -0.1) is 11.3 Å². The van der Waals surface area contributed by atoms with Crippen molar-refractivity contribution in [3.05, 3.63) is 45.9 Å². The molecule has 1 N–H and O–H groups in total. The van der Waals surface area contributed by atoms with Crippen LogP contribution in [0.1, 0.15) is 41.8 Å². The highest BCUT2D eigenvalue weighted by Crippen LogP contribution is 2.19. The largest absolute Gasteiger partial charge is 0.496 e. The van der Waals surface area contributed by atoms with Crippen LogP contribution >= 0.6 is 11.3 Å². The number of nitrogens with one attached hydrogen (secondary N) is 1. The van der Waals surface area contributed by atoms with Crippen LogP contribution in [0, 0.1) is 5.92 Å². The van der Waals surface area contributed by atoms with Crippen molar-refractivity contribution in [2.75, 3.05) is 33.3 Å². The summed E-state index contributed by atoms with van der Waals surface area (Å²) in [7, 11) is 1.53. The highest BCUT2D eigenvalue weighted by Gasteiger charge is 2.31. The van der Waals surface area contributed by atoms with Gasteiger partial charge in [-0.1, -0.05) is 32.9 Å². The van der Waals surface area contributed by atoms with Crippen LogP contribution in [-0.2, 0) is 17.8 Å². The lowest BCUT2D eigenvalue weighted by Gasteiger charge is -2.37. The third kappa shape index (κ3) is 5.83. The van der Waals surface area contributed by atoms with Crippen molar-refractivity contribution < 1.29 is 14.3 Å². The Bertz CT molecular complexity index is 890. The second-order valence-electron chi connectivity index (χ2n) is 8.08. The first-order chi connectivity index (χ1) is 14.9. The van der Waals surface area contributed by atoms with Gasteiger partial charge in [0.2, 0.25) is 5.91 Å². The van der Waals surface area contributed by atoms with Crippen LogP contribution in [0.3, 0.4) is 0 Å². The number of methoxy groups -OCH3 is 1. The first-order valence-electron chi connectivity index (χ1n) is 10.8. The van der Waals surface area contributed by atoms with Crippen molar-refractivity contribution in [1.29, 1.82) is 0 Å². The van der Waals surface area contributed by atoms with Gasteiger partial charge >= 0.3 is 0 Å². The van der Waals surface area contributed by atoms with Crippen molar-refractivity contribution in [2.45, 2.75) is 39.8 Å². The lowest BCUT2D eigenvalue weighted by molar-refractivity contribution is -0.136. The van der Waals surface area contributed by atoms with Crippen molar-refractivity contribution in [1.82, 2.24) is 20.1 Å². The van der Waals surface area contributed by atoms with Gasteiger partial charge in [0.25, 0.3) is 5.91 Å². The zero-order valence-electron chi connectivity index (χ0n) is 18.8. The molecule has 0 saturated carbocycles. The molecular formula is C23H32N4O3S. The molecule has 3 rings (SSSR count). The first-order valence-corrected chi connectivity index (χ1v) is 11.7. The highest BCUT2D eigenvalue weighted by atomic mass is 32.1. The summed E-state index contributed by atoms with van der Waals surface area (Å²) in [6, 6.07) is 6.47. The molecule has 0 spiro atoms. The van der Waals surface area contributed by atoms with Crippen LogP contribution in [0.25, 0.3) is 0 Å². The minimum absolute atomic E-state index is 0.0216. The summed E-state index contributed by atoms with van der Waals surface area (Å²) in [5, 5.41) is 6.22. The van der Waals surface area contributed by atoms with E-state index in [4.69, 9.17) is 4.74 Å². The van der Waals surface area contributed by atoms with Gasteiger partial charge in [-0.2, -0.15) is 0 Å². The van der Waals surface area contributed by atoms with Crippen LogP contribution in [0.4, 0.5) is 0 Å². The predicted molar refractivity (Wildman–Crippen MR) is 122 cm³/mol. The number of rotatable bonds is 8. The van der Waals surface area contributed by atoms with Crippen LogP contribution in [0.5, 0.6) is 5.75 Å². The molecule has 1 fully saturated rings. The molecule has 7 nitrogen and oxygen atoms in total. The molecule has 31 heavy (non-hydrogen) atoms. The fourth-order valence-electron chi connectivity index (χ4n) is 3.70. The summed E-state index contributed by atoms with van der Waals surface area (Å²) in [6.07, 6.45) is 0.962.